The zero-order chi connectivity index (χ0) is 13.5. The Hall–Kier alpha value is 0.280. The van der Waals surface area contributed by atoms with Gasteiger partial charge < -0.3 is 24.8 Å². The number of rotatable bonds is 2. The van der Waals surface area contributed by atoms with Crippen LogP contribution in [-0.2, 0) is 21.0 Å². The molecule has 0 nitrogen and oxygen atoms in total. The molecule has 2 saturated carbocycles. The Bertz CT molecular complexity index is 486. The summed E-state index contributed by atoms with van der Waals surface area (Å²) in [6.07, 6.45) is 24.9. The van der Waals surface area contributed by atoms with E-state index in [4.69, 9.17) is 4.26 Å². The fourth-order valence-corrected chi connectivity index (χ4v) is 17.0. The predicted octanol–water partition coefficient (Wildman–Crippen LogP) is -1.07. The molecule has 118 valence electrons. The van der Waals surface area contributed by atoms with Crippen LogP contribution in [0.15, 0.2) is 48.6 Å². The second-order valence-corrected chi connectivity index (χ2v) is 16.4. The molecule has 0 radical (unpaired) electrons. The van der Waals surface area contributed by atoms with Crippen LogP contribution in [-0.4, -0.2) is 4.26 Å². The quantitative estimate of drug-likeness (QED) is 0.423. The van der Waals surface area contributed by atoms with E-state index in [9.17, 15) is 0 Å². The molecule has 0 saturated heterocycles. The zero-order valence-electron chi connectivity index (χ0n) is 12.9. The van der Waals surface area contributed by atoms with E-state index in [-0.39, 0.29) is 24.8 Å². The average molecular weight is 502 g/mol. The SMILES string of the molecule is [CH2]=[Hf+2]([CH]1CCC2C=CC=CC21)[CH]1CCC2C=CC=CC21.[Cl-].[Cl-]. The van der Waals surface area contributed by atoms with Crippen molar-refractivity contribution in [1.29, 1.82) is 0 Å². The third-order valence-electron chi connectivity index (χ3n) is 6.10. The molecule has 0 spiro atoms. The van der Waals surface area contributed by atoms with Gasteiger partial charge in [0.25, 0.3) is 0 Å². The van der Waals surface area contributed by atoms with Gasteiger partial charge in [-0.15, -0.1) is 0 Å². The first-order chi connectivity index (χ1) is 9.84. The third-order valence-corrected chi connectivity index (χ3v) is 17.8. The van der Waals surface area contributed by atoms with Crippen molar-refractivity contribution < 1.29 is 45.8 Å². The standard InChI is InChI=1S/2C9H11.CH2.2ClH.Hf/c2*1-2-5-9-7-3-6-8(9)4-1;;;;/h2*1-2,4-6,8-9H,3,7H2;1H2;2*1H;/q;;;;;+2/p-2. The van der Waals surface area contributed by atoms with Crippen LogP contribution in [0.5, 0.6) is 0 Å². The minimum absolute atomic E-state index is 0. The molecule has 0 aromatic rings. The molecule has 4 rings (SSSR count). The second-order valence-electron chi connectivity index (χ2n) is 6.96. The molecular weight excluding hydrogens is 478 g/mol. The van der Waals surface area contributed by atoms with Crippen LogP contribution < -0.4 is 24.8 Å². The van der Waals surface area contributed by atoms with Crippen LogP contribution in [0.4, 0.5) is 0 Å². The average Bonchev–Trinajstić information content (AvgIpc) is 3.11. The Labute approximate surface area is 154 Å². The largest absolute Gasteiger partial charge is 1.00 e. The van der Waals surface area contributed by atoms with Gasteiger partial charge in [0.1, 0.15) is 0 Å². The van der Waals surface area contributed by atoms with Gasteiger partial charge in [0, 0.05) is 0 Å². The minimum atomic E-state index is -1.74. The molecule has 0 aliphatic heterocycles. The van der Waals surface area contributed by atoms with Gasteiger partial charge in [-0.3, -0.25) is 0 Å². The van der Waals surface area contributed by atoms with E-state index in [0.29, 0.717) is 0 Å². The zero-order valence-corrected chi connectivity index (χ0v) is 18.0. The van der Waals surface area contributed by atoms with Gasteiger partial charge >= 0.3 is 131 Å². The van der Waals surface area contributed by atoms with Crippen molar-refractivity contribution in [2.75, 3.05) is 0 Å². The van der Waals surface area contributed by atoms with Crippen LogP contribution in [0.2, 0.25) is 7.35 Å². The molecule has 2 fully saturated rings. The van der Waals surface area contributed by atoms with Crippen LogP contribution in [0.25, 0.3) is 0 Å². The molecule has 3 heteroatoms. The molecule has 4 aliphatic carbocycles. The summed E-state index contributed by atoms with van der Waals surface area (Å²) in [5, 5.41) is 0. The topological polar surface area (TPSA) is 0 Å². The molecule has 0 heterocycles. The van der Waals surface area contributed by atoms with Crippen molar-refractivity contribution in [3.05, 3.63) is 48.6 Å². The van der Waals surface area contributed by atoms with Gasteiger partial charge in [-0.1, -0.05) is 0 Å². The molecule has 6 unspecified atom stereocenters. The van der Waals surface area contributed by atoms with Gasteiger partial charge in [0.15, 0.2) is 0 Å². The molecule has 0 N–H and O–H groups in total. The van der Waals surface area contributed by atoms with Gasteiger partial charge in [-0.25, -0.2) is 0 Å². The summed E-state index contributed by atoms with van der Waals surface area (Å²) in [5.74, 6) is 3.43. The van der Waals surface area contributed by atoms with Gasteiger partial charge in [-0.2, -0.15) is 0 Å². The summed E-state index contributed by atoms with van der Waals surface area (Å²) >= 11 is -1.74. The Morgan fingerprint density at radius 3 is 1.50 bits per heavy atom. The Balaban J connectivity index is 0.000000882. The van der Waals surface area contributed by atoms with Gasteiger partial charge in [0.05, 0.1) is 0 Å². The monoisotopic (exact) mass is 502 g/mol. The predicted molar refractivity (Wildman–Crippen MR) is 83.6 cm³/mol. The maximum atomic E-state index is 4.88. The van der Waals surface area contributed by atoms with E-state index in [1.807, 2.05) is 0 Å². The van der Waals surface area contributed by atoms with Crippen molar-refractivity contribution in [1.82, 2.24) is 0 Å². The van der Waals surface area contributed by atoms with Crippen molar-refractivity contribution in [3.8, 4) is 0 Å². The van der Waals surface area contributed by atoms with Gasteiger partial charge in [-0.05, 0) is 0 Å². The van der Waals surface area contributed by atoms with Crippen LogP contribution in [0, 0.1) is 23.7 Å². The Morgan fingerprint density at radius 1 is 0.636 bits per heavy atom. The van der Waals surface area contributed by atoms with Crippen molar-refractivity contribution in [2.45, 2.75) is 33.0 Å². The van der Waals surface area contributed by atoms with E-state index in [2.05, 4.69) is 48.6 Å². The molecule has 0 bridgehead atoms. The van der Waals surface area contributed by atoms with Gasteiger partial charge in [0.2, 0.25) is 0 Å². The smallest absolute Gasteiger partial charge is 1.00 e. The van der Waals surface area contributed by atoms with E-state index in [1.165, 1.54) is 25.7 Å². The van der Waals surface area contributed by atoms with Crippen LogP contribution >= 0.6 is 0 Å². The molecule has 4 aliphatic rings. The fraction of sp³-hybridized carbons (Fsp3) is 0.526. The summed E-state index contributed by atoms with van der Waals surface area (Å²) in [7, 11) is 0. The summed E-state index contributed by atoms with van der Waals surface area (Å²) in [5.41, 5.74) is 0. The summed E-state index contributed by atoms with van der Waals surface area (Å²) < 4.78 is 6.93. The number of hydrogen-bond acceptors (Lipinski definition) is 0. The number of hydrogen-bond donors (Lipinski definition) is 0. The summed E-state index contributed by atoms with van der Waals surface area (Å²) in [6.45, 7) is 0. The molecule has 0 aromatic heterocycles. The normalized spacial score (nSPS) is 40.1. The fourth-order valence-electron chi connectivity index (χ4n) is 5.05. The number of allylic oxidation sites excluding steroid dienone is 8. The Morgan fingerprint density at radius 2 is 1.05 bits per heavy atom. The molecular formula is C19H24Cl2Hf. The van der Waals surface area contributed by atoms with E-state index >= 15 is 0 Å². The second kappa shape index (κ2) is 7.90. The van der Waals surface area contributed by atoms with E-state index in [0.717, 1.165) is 31.0 Å². The maximum Gasteiger partial charge on any atom is -1.00 e. The summed E-state index contributed by atoms with van der Waals surface area (Å²) in [4.78, 5) is 0. The molecule has 6 atom stereocenters. The summed E-state index contributed by atoms with van der Waals surface area (Å²) in [6, 6.07) is 0. The van der Waals surface area contributed by atoms with E-state index in [1.54, 1.807) is 0 Å². The number of halogens is 2. The van der Waals surface area contributed by atoms with Crippen LogP contribution in [0.1, 0.15) is 25.7 Å². The Kier molecular flexibility index (Phi) is 6.69. The first kappa shape index (κ1) is 18.6. The van der Waals surface area contributed by atoms with E-state index < -0.39 is 21.0 Å². The first-order valence-electron chi connectivity index (χ1n) is 8.23. The number of fused-ring (bicyclic) bond motifs is 2. The van der Waals surface area contributed by atoms with Crippen molar-refractivity contribution in [2.24, 2.45) is 23.7 Å². The molecule has 22 heavy (non-hydrogen) atoms. The third kappa shape index (κ3) is 3.23. The van der Waals surface area contributed by atoms with Crippen molar-refractivity contribution >= 4 is 4.26 Å². The molecule has 0 amide bonds. The van der Waals surface area contributed by atoms with Crippen molar-refractivity contribution in [3.63, 3.8) is 0 Å². The van der Waals surface area contributed by atoms with Crippen LogP contribution in [0.3, 0.4) is 0 Å². The first-order valence-corrected chi connectivity index (χ1v) is 14.9. The minimum Gasteiger partial charge on any atom is -1.00 e. The maximum absolute atomic E-state index is 4.88. The molecule has 0 aromatic carbocycles.